The van der Waals surface area contributed by atoms with Crippen molar-refractivity contribution in [2.45, 2.75) is 44.2 Å². The molecule has 152 valence electrons. The molecule has 0 spiro atoms. The van der Waals surface area contributed by atoms with Crippen molar-refractivity contribution < 1.29 is 4.39 Å². The number of guanidine groups is 1. The second kappa shape index (κ2) is 11.0. The molecule has 0 amide bonds. The lowest BCUT2D eigenvalue weighted by molar-refractivity contribution is 0.249. The lowest BCUT2D eigenvalue weighted by Gasteiger charge is -2.25. The Morgan fingerprint density at radius 3 is 2.85 bits per heavy atom. The van der Waals surface area contributed by atoms with E-state index in [1.807, 2.05) is 4.90 Å². The molecular formula is C19H32FIN6. The van der Waals surface area contributed by atoms with Crippen LogP contribution < -0.4 is 15.5 Å². The van der Waals surface area contributed by atoms with Crippen molar-refractivity contribution in [2.24, 2.45) is 4.99 Å². The van der Waals surface area contributed by atoms with Gasteiger partial charge in [-0.15, -0.1) is 24.0 Å². The average Bonchev–Trinajstić information content (AvgIpc) is 3.33. The fraction of sp³-hybridized carbons (Fsp3) is 0.684. The summed E-state index contributed by atoms with van der Waals surface area (Å²) in [6.07, 6.45) is 7.96. The van der Waals surface area contributed by atoms with Crippen LogP contribution in [0, 0.1) is 5.82 Å². The number of pyridine rings is 1. The van der Waals surface area contributed by atoms with Gasteiger partial charge >= 0.3 is 0 Å². The van der Waals surface area contributed by atoms with Gasteiger partial charge in [-0.2, -0.15) is 0 Å². The Morgan fingerprint density at radius 2 is 2.15 bits per heavy atom. The smallest absolute Gasteiger partial charge is 0.191 e. The molecule has 8 heteroatoms. The van der Waals surface area contributed by atoms with Crippen LogP contribution in [-0.2, 0) is 0 Å². The summed E-state index contributed by atoms with van der Waals surface area (Å²) in [5.74, 6) is 1.00. The predicted molar refractivity (Wildman–Crippen MR) is 120 cm³/mol. The van der Waals surface area contributed by atoms with Crippen molar-refractivity contribution in [3.8, 4) is 0 Å². The molecule has 1 aromatic heterocycles. The first kappa shape index (κ1) is 22.1. The maximum absolute atomic E-state index is 13.9. The number of nitrogens with zero attached hydrogens (tertiary/aromatic N) is 4. The number of nitrogens with one attached hydrogen (secondary N) is 2. The van der Waals surface area contributed by atoms with Crippen LogP contribution in [0.5, 0.6) is 0 Å². The van der Waals surface area contributed by atoms with Crippen LogP contribution in [0.25, 0.3) is 0 Å². The van der Waals surface area contributed by atoms with Gasteiger partial charge in [0.05, 0.1) is 0 Å². The minimum atomic E-state index is -0.259. The Bertz CT molecular complexity index is 608. The van der Waals surface area contributed by atoms with Crippen LogP contribution in [0.15, 0.2) is 23.3 Å². The van der Waals surface area contributed by atoms with E-state index in [1.54, 1.807) is 19.3 Å². The van der Waals surface area contributed by atoms with E-state index < -0.39 is 0 Å². The molecule has 1 saturated carbocycles. The zero-order valence-electron chi connectivity index (χ0n) is 16.3. The van der Waals surface area contributed by atoms with E-state index in [4.69, 9.17) is 0 Å². The second-order valence-electron chi connectivity index (χ2n) is 7.30. The van der Waals surface area contributed by atoms with Gasteiger partial charge in [0, 0.05) is 51.5 Å². The number of halogens is 2. The van der Waals surface area contributed by atoms with Gasteiger partial charge in [-0.25, -0.2) is 9.37 Å². The number of hydrogen-bond donors (Lipinski definition) is 2. The molecule has 0 aromatic carbocycles. The van der Waals surface area contributed by atoms with Crippen molar-refractivity contribution in [1.29, 1.82) is 0 Å². The molecule has 1 unspecified atom stereocenters. The topological polar surface area (TPSA) is 55.8 Å². The van der Waals surface area contributed by atoms with E-state index in [1.165, 1.54) is 31.7 Å². The van der Waals surface area contributed by atoms with Crippen molar-refractivity contribution in [3.05, 3.63) is 24.1 Å². The molecule has 1 saturated heterocycles. The molecule has 2 heterocycles. The number of aromatic nitrogens is 1. The standard InChI is InChI=1S/C19H31FN6.HI/c1-21-19(23-11-13-25(2)16-6-3-4-7-16)24-15-9-12-26(14-15)18-17(20)8-5-10-22-18;/h5,8,10,15-16H,3-4,6-7,9,11-14H2,1-2H3,(H2,21,23,24);1H. The molecule has 2 N–H and O–H groups in total. The molecule has 6 nitrogen and oxygen atoms in total. The third kappa shape index (κ3) is 6.17. The van der Waals surface area contributed by atoms with Gasteiger partial charge < -0.3 is 20.4 Å². The Hall–Kier alpha value is -1.16. The highest BCUT2D eigenvalue weighted by molar-refractivity contribution is 14.0. The van der Waals surface area contributed by atoms with Gasteiger partial charge in [0.15, 0.2) is 17.6 Å². The van der Waals surface area contributed by atoms with Crippen molar-refractivity contribution >= 4 is 35.8 Å². The molecule has 1 atom stereocenters. The summed E-state index contributed by atoms with van der Waals surface area (Å²) in [4.78, 5) is 12.9. The zero-order chi connectivity index (χ0) is 18.4. The third-order valence-electron chi connectivity index (χ3n) is 5.50. The quantitative estimate of drug-likeness (QED) is 0.365. The van der Waals surface area contributed by atoms with Crippen molar-refractivity contribution in [1.82, 2.24) is 20.5 Å². The van der Waals surface area contributed by atoms with E-state index in [-0.39, 0.29) is 35.8 Å². The number of rotatable bonds is 6. The molecule has 1 aliphatic heterocycles. The summed E-state index contributed by atoms with van der Waals surface area (Å²) in [5, 5.41) is 6.86. The summed E-state index contributed by atoms with van der Waals surface area (Å²) in [6.45, 7) is 3.42. The lowest BCUT2D eigenvalue weighted by Crippen LogP contribution is -2.47. The largest absolute Gasteiger partial charge is 0.355 e. The summed E-state index contributed by atoms with van der Waals surface area (Å²) in [7, 11) is 4.01. The molecule has 0 radical (unpaired) electrons. The van der Waals surface area contributed by atoms with Crippen LogP contribution in [-0.4, -0.2) is 68.2 Å². The first-order chi connectivity index (χ1) is 12.7. The maximum Gasteiger partial charge on any atom is 0.191 e. The summed E-state index contributed by atoms with van der Waals surface area (Å²) in [6, 6.07) is 4.07. The summed E-state index contributed by atoms with van der Waals surface area (Å²) < 4.78 is 13.9. The Kier molecular flexibility index (Phi) is 9.01. The molecule has 1 aromatic rings. The molecule has 0 bridgehead atoms. The minimum Gasteiger partial charge on any atom is -0.355 e. The third-order valence-corrected chi connectivity index (χ3v) is 5.50. The van der Waals surface area contributed by atoms with Crippen LogP contribution in [0.3, 0.4) is 0 Å². The number of anilines is 1. The van der Waals surface area contributed by atoms with Gasteiger partial charge in [0.1, 0.15) is 0 Å². The normalized spacial score (nSPS) is 20.8. The number of likely N-dealkylation sites (N-methyl/N-ethyl adjacent to an activating group) is 1. The van der Waals surface area contributed by atoms with E-state index in [0.29, 0.717) is 5.82 Å². The highest BCUT2D eigenvalue weighted by Crippen LogP contribution is 2.22. The van der Waals surface area contributed by atoms with Crippen molar-refractivity contribution in [3.63, 3.8) is 0 Å². The van der Waals surface area contributed by atoms with Gasteiger partial charge in [0.2, 0.25) is 0 Å². The Balaban J connectivity index is 0.00000261. The highest BCUT2D eigenvalue weighted by Gasteiger charge is 2.26. The van der Waals surface area contributed by atoms with Crippen LogP contribution in [0.4, 0.5) is 10.2 Å². The van der Waals surface area contributed by atoms with Gasteiger partial charge in [-0.3, -0.25) is 4.99 Å². The number of aliphatic imine (C=N–C) groups is 1. The fourth-order valence-electron chi connectivity index (χ4n) is 3.95. The van der Waals surface area contributed by atoms with E-state index in [9.17, 15) is 4.39 Å². The van der Waals surface area contributed by atoms with Gasteiger partial charge in [-0.05, 0) is 38.4 Å². The van der Waals surface area contributed by atoms with Crippen molar-refractivity contribution in [2.75, 3.05) is 45.2 Å². The number of hydrogen-bond acceptors (Lipinski definition) is 4. The molecule has 2 fully saturated rings. The molecule has 3 rings (SSSR count). The Labute approximate surface area is 179 Å². The van der Waals surface area contributed by atoms with E-state index in [2.05, 4.69) is 32.6 Å². The van der Waals surface area contributed by atoms with Gasteiger partial charge in [0.25, 0.3) is 0 Å². The van der Waals surface area contributed by atoms with Crippen LogP contribution in [0.1, 0.15) is 32.1 Å². The molecular weight excluding hydrogens is 458 g/mol. The first-order valence-electron chi connectivity index (χ1n) is 9.70. The molecule has 2 aliphatic rings. The lowest BCUT2D eigenvalue weighted by atomic mass is 10.2. The Morgan fingerprint density at radius 1 is 1.37 bits per heavy atom. The first-order valence-corrected chi connectivity index (χ1v) is 9.70. The van der Waals surface area contributed by atoms with Gasteiger partial charge in [-0.1, -0.05) is 12.8 Å². The van der Waals surface area contributed by atoms with Crippen LogP contribution >= 0.6 is 24.0 Å². The minimum absolute atomic E-state index is 0. The summed E-state index contributed by atoms with van der Waals surface area (Å²) >= 11 is 0. The second-order valence-corrected chi connectivity index (χ2v) is 7.30. The van der Waals surface area contributed by atoms with E-state index >= 15 is 0 Å². The zero-order valence-corrected chi connectivity index (χ0v) is 18.7. The maximum atomic E-state index is 13.9. The highest BCUT2D eigenvalue weighted by atomic mass is 127. The van der Waals surface area contributed by atoms with E-state index in [0.717, 1.165) is 44.6 Å². The van der Waals surface area contributed by atoms with Crippen LogP contribution in [0.2, 0.25) is 0 Å². The SMILES string of the molecule is CN=C(NCCN(C)C1CCCC1)NC1CCN(c2ncccc2F)C1.I. The molecule has 1 aliphatic carbocycles. The molecule has 27 heavy (non-hydrogen) atoms. The predicted octanol–water partition coefficient (Wildman–Crippen LogP) is 2.46. The average molecular weight is 490 g/mol. The monoisotopic (exact) mass is 490 g/mol. The fourth-order valence-corrected chi connectivity index (χ4v) is 3.95. The summed E-state index contributed by atoms with van der Waals surface area (Å²) in [5.41, 5.74) is 0.